The number of fused-ring (bicyclic) bond motifs is 2. The highest BCUT2D eigenvalue weighted by atomic mass is 16.5. The first-order valence-electron chi connectivity index (χ1n) is 10.9. The minimum absolute atomic E-state index is 0.157. The molecule has 1 saturated heterocycles. The van der Waals surface area contributed by atoms with E-state index in [0.29, 0.717) is 0 Å². The van der Waals surface area contributed by atoms with E-state index in [-0.39, 0.29) is 5.91 Å². The van der Waals surface area contributed by atoms with Crippen molar-refractivity contribution < 1.29 is 14.3 Å². The molecule has 3 aliphatic rings. The molecule has 3 heterocycles. The number of methoxy groups -OCH3 is 1. The fourth-order valence-corrected chi connectivity index (χ4v) is 4.82. The summed E-state index contributed by atoms with van der Waals surface area (Å²) in [5.41, 5.74) is 4.42. The highest BCUT2D eigenvalue weighted by Crippen LogP contribution is 2.33. The van der Waals surface area contributed by atoms with Gasteiger partial charge in [-0.2, -0.15) is 0 Å². The minimum atomic E-state index is 0.157. The average Bonchev–Trinajstić information content (AvgIpc) is 3.36. The van der Waals surface area contributed by atoms with Gasteiger partial charge >= 0.3 is 0 Å². The van der Waals surface area contributed by atoms with Crippen LogP contribution >= 0.6 is 0 Å². The Labute approximate surface area is 178 Å². The van der Waals surface area contributed by atoms with Crippen LogP contribution in [-0.4, -0.2) is 68.7 Å². The molecular formula is C24H29N3O3. The number of carbonyl (C=O) groups is 1. The van der Waals surface area contributed by atoms with E-state index in [1.807, 2.05) is 23.1 Å². The summed E-state index contributed by atoms with van der Waals surface area (Å²) >= 11 is 0. The Morgan fingerprint density at radius 3 is 2.70 bits per heavy atom. The molecule has 6 nitrogen and oxygen atoms in total. The second-order valence-corrected chi connectivity index (χ2v) is 8.30. The summed E-state index contributed by atoms with van der Waals surface area (Å²) in [7, 11) is 1.73. The lowest BCUT2D eigenvalue weighted by Crippen LogP contribution is -2.47. The molecule has 0 aliphatic carbocycles. The second kappa shape index (κ2) is 8.19. The number of anilines is 1. The van der Waals surface area contributed by atoms with Crippen LogP contribution in [0.3, 0.4) is 0 Å². The average molecular weight is 408 g/mol. The van der Waals surface area contributed by atoms with Gasteiger partial charge in [-0.1, -0.05) is 12.1 Å². The minimum Gasteiger partial charge on any atom is -0.495 e. The highest BCUT2D eigenvalue weighted by Gasteiger charge is 2.30. The van der Waals surface area contributed by atoms with Crippen molar-refractivity contribution in [3.63, 3.8) is 0 Å². The molecule has 0 saturated carbocycles. The van der Waals surface area contributed by atoms with E-state index >= 15 is 0 Å². The number of amides is 1. The molecule has 3 aliphatic heterocycles. The lowest BCUT2D eigenvalue weighted by Gasteiger charge is -2.36. The summed E-state index contributed by atoms with van der Waals surface area (Å²) in [6, 6.07) is 12.4. The van der Waals surface area contributed by atoms with Crippen molar-refractivity contribution in [1.82, 2.24) is 9.80 Å². The van der Waals surface area contributed by atoms with E-state index < -0.39 is 0 Å². The zero-order valence-corrected chi connectivity index (χ0v) is 17.6. The van der Waals surface area contributed by atoms with Gasteiger partial charge in [0.05, 0.1) is 19.4 Å². The molecule has 0 N–H and O–H groups in total. The summed E-state index contributed by atoms with van der Waals surface area (Å²) in [6.45, 7) is 7.39. The maximum atomic E-state index is 12.8. The van der Waals surface area contributed by atoms with Gasteiger partial charge in [0, 0.05) is 51.3 Å². The number of para-hydroxylation sites is 2. The van der Waals surface area contributed by atoms with Gasteiger partial charge in [0.15, 0.2) is 0 Å². The number of benzene rings is 2. The van der Waals surface area contributed by atoms with Crippen molar-refractivity contribution in [1.29, 1.82) is 0 Å². The number of hydrogen-bond donors (Lipinski definition) is 0. The van der Waals surface area contributed by atoms with E-state index in [9.17, 15) is 4.79 Å². The third-order valence-corrected chi connectivity index (χ3v) is 6.49. The topological polar surface area (TPSA) is 45.2 Å². The van der Waals surface area contributed by atoms with Crippen LogP contribution < -0.4 is 14.4 Å². The first-order valence-corrected chi connectivity index (χ1v) is 10.9. The first-order chi connectivity index (χ1) is 14.7. The van der Waals surface area contributed by atoms with Crippen molar-refractivity contribution in [3.05, 3.63) is 53.1 Å². The van der Waals surface area contributed by atoms with E-state index in [4.69, 9.17) is 9.47 Å². The van der Waals surface area contributed by atoms with Gasteiger partial charge in [-0.3, -0.25) is 9.69 Å². The molecule has 0 atom stereocenters. The van der Waals surface area contributed by atoms with E-state index in [1.165, 1.54) is 11.3 Å². The van der Waals surface area contributed by atoms with Crippen LogP contribution in [0.2, 0.25) is 0 Å². The van der Waals surface area contributed by atoms with Crippen molar-refractivity contribution in [3.8, 4) is 11.5 Å². The van der Waals surface area contributed by atoms with Crippen molar-refractivity contribution in [2.75, 3.05) is 57.9 Å². The molecule has 0 spiro atoms. The smallest absolute Gasteiger partial charge is 0.254 e. The lowest BCUT2D eigenvalue weighted by atomic mass is 10.0. The predicted molar refractivity (Wildman–Crippen MR) is 117 cm³/mol. The van der Waals surface area contributed by atoms with Crippen molar-refractivity contribution in [2.45, 2.75) is 19.4 Å². The number of carbonyl (C=O) groups excluding carboxylic acids is 1. The van der Waals surface area contributed by atoms with Crippen LogP contribution in [0.15, 0.2) is 36.4 Å². The molecule has 1 fully saturated rings. The fraction of sp³-hybridized carbons (Fsp3) is 0.458. The van der Waals surface area contributed by atoms with Gasteiger partial charge in [-0.05, 0) is 48.4 Å². The van der Waals surface area contributed by atoms with Gasteiger partial charge in [0.25, 0.3) is 5.91 Å². The monoisotopic (exact) mass is 407 g/mol. The van der Waals surface area contributed by atoms with Crippen LogP contribution in [0.1, 0.15) is 27.9 Å². The Balaban J connectivity index is 1.10. The maximum absolute atomic E-state index is 12.8. The van der Waals surface area contributed by atoms with Crippen molar-refractivity contribution >= 4 is 11.6 Å². The Hall–Kier alpha value is -2.73. The zero-order valence-electron chi connectivity index (χ0n) is 17.6. The molecule has 0 radical (unpaired) electrons. The lowest BCUT2D eigenvalue weighted by molar-refractivity contribution is 0.0770. The molecule has 158 valence electrons. The second-order valence-electron chi connectivity index (χ2n) is 8.30. The number of nitrogens with zero attached hydrogens (tertiary/aromatic N) is 3. The summed E-state index contributed by atoms with van der Waals surface area (Å²) in [4.78, 5) is 19.7. The summed E-state index contributed by atoms with van der Waals surface area (Å²) < 4.78 is 11.1. The Morgan fingerprint density at radius 2 is 1.87 bits per heavy atom. The van der Waals surface area contributed by atoms with Crippen LogP contribution in [0.5, 0.6) is 11.5 Å². The van der Waals surface area contributed by atoms with Crippen LogP contribution in [0.25, 0.3) is 0 Å². The third-order valence-electron chi connectivity index (χ3n) is 6.49. The Bertz CT molecular complexity index is 937. The molecule has 2 aromatic carbocycles. The SMILES string of the molecule is COc1ccccc1N1CCN(CCCN2Cc3cc4c(cc3C2=O)OCC4)CC1. The molecular weight excluding hydrogens is 378 g/mol. The van der Waals surface area contributed by atoms with Crippen LogP contribution in [0, 0.1) is 0 Å². The maximum Gasteiger partial charge on any atom is 0.254 e. The highest BCUT2D eigenvalue weighted by molar-refractivity contribution is 5.99. The Morgan fingerprint density at radius 1 is 1.03 bits per heavy atom. The molecule has 0 unspecified atom stereocenters. The largest absolute Gasteiger partial charge is 0.495 e. The van der Waals surface area contributed by atoms with Gasteiger partial charge in [-0.25, -0.2) is 0 Å². The third kappa shape index (κ3) is 3.60. The van der Waals surface area contributed by atoms with Gasteiger partial charge in [0.1, 0.15) is 11.5 Å². The van der Waals surface area contributed by atoms with E-state index in [2.05, 4.69) is 28.0 Å². The molecule has 5 rings (SSSR count). The Kier molecular flexibility index (Phi) is 5.25. The van der Waals surface area contributed by atoms with E-state index in [1.54, 1.807) is 7.11 Å². The molecule has 1 amide bonds. The normalized spacial score (nSPS) is 18.4. The predicted octanol–water partition coefficient (Wildman–Crippen LogP) is 2.80. The number of ether oxygens (including phenoxy) is 2. The van der Waals surface area contributed by atoms with Gasteiger partial charge in [0.2, 0.25) is 0 Å². The van der Waals surface area contributed by atoms with Crippen LogP contribution in [-0.2, 0) is 13.0 Å². The van der Waals surface area contributed by atoms with Crippen LogP contribution in [0.4, 0.5) is 5.69 Å². The molecule has 6 heteroatoms. The molecule has 2 aromatic rings. The molecule has 0 bridgehead atoms. The van der Waals surface area contributed by atoms with E-state index in [0.717, 1.165) is 87.9 Å². The quantitative estimate of drug-likeness (QED) is 0.737. The first kappa shape index (κ1) is 19.2. The standard InChI is InChI=1S/C24H29N3O3/c1-29-22-6-3-2-5-21(22)26-12-10-25(11-13-26)8-4-9-27-17-19-15-18-7-14-30-23(18)16-20(19)24(27)28/h2-3,5-6,15-16H,4,7-14,17H2,1H3. The zero-order chi connectivity index (χ0) is 20.5. The molecule has 0 aromatic heterocycles. The summed E-state index contributed by atoms with van der Waals surface area (Å²) in [5, 5.41) is 0. The van der Waals surface area contributed by atoms with Gasteiger partial charge < -0.3 is 19.3 Å². The number of rotatable bonds is 6. The number of piperazine rings is 1. The van der Waals surface area contributed by atoms with Gasteiger partial charge in [-0.15, -0.1) is 0 Å². The summed E-state index contributed by atoms with van der Waals surface area (Å²) in [5.74, 6) is 2.00. The molecule has 30 heavy (non-hydrogen) atoms. The number of hydrogen-bond acceptors (Lipinski definition) is 5. The fourth-order valence-electron chi connectivity index (χ4n) is 4.82. The summed E-state index contributed by atoms with van der Waals surface area (Å²) in [6.07, 6.45) is 1.96. The van der Waals surface area contributed by atoms with Crippen molar-refractivity contribution in [2.24, 2.45) is 0 Å².